The number of benzene rings is 2. The smallest absolute Gasteiger partial charge is 0.232 e. The number of amides is 1. The van der Waals surface area contributed by atoms with Crippen LogP contribution in [0.3, 0.4) is 0 Å². The first kappa shape index (κ1) is 22.9. The van der Waals surface area contributed by atoms with Crippen LogP contribution in [0.5, 0.6) is 0 Å². The van der Waals surface area contributed by atoms with Gasteiger partial charge in [0.05, 0.1) is 17.6 Å². The molecule has 0 radical (unpaired) electrons. The first-order valence-electron chi connectivity index (χ1n) is 9.87. The van der Waals surface area contributed by atoms with Crippen molar-refractivity contribution in [1.82, 2.24) is 4.90 Å². The van der Waals surface area contributed by atoms with Crippen molar-refractivity contribution in [1.29, 1.82) is 0 Å². The van der Waals surface area contributed by atoms with Crippen molar-refractivity contribution in [2.45, 2.75) is 12.8 Å². The Bertz CT molecular complexity index is 1040. The van der Waals surface area contributed by atoms with Crippen molar-refractivity contribution in [3.05, 3.63) is 59.9 Å². The number of carbonyl (C=O) groups is 1. The fraction of sp³-hybridized carbons (Fsp3) is 0.381. The summed E-state index contributed by atoms with van der Waals surface area (Å²) in [5.41, 5.74) is 0.511. The Labute approximate surface area is 179 Å². The van der Waals surface area contributed by atoms with E-state index in [0.717, 1.165) is 22.7 Å². The third-order valence-electron chi connectivity index (χ3n) is 5.17. The largest absolute Gasteiger partial charge is 0.366 e. The number of halogens is 3. The number of carbonyl (C=O) groups excluding carboxylic acids is 1. The molecule has 10 heteroatoms. The summed E-state index contributed by atoms with van der Waals surface area (Å²) in [6.07, 6.45) is 1.30. The van der Waals surface area contributed by atoms with Crippen molar-refractivity contribution < 1.29 is 26.4 Å². The molecule has 1 fully saturated rings. The minimum Gasteiger partial charge on any atom is -0.366 e. The molecule has 0 unspecified atom stereocenters. The maximum Gasteiger partial charge on any atom is 0.232 e. The highest BCUT2D eigenvalue weighted by molar-refractivity contribution is 7.92. The Morgan fingerprint density at radius 3 is 2.26 bits per heavy atom. The summed E-state index contributed by atoms with van der Waals surface area (Å²) in [6, 6.07) is 9.35. The van der Waals surface area contributed by atoms with E-state index in [4.69, 9.17) is 0 Å². The minimum absolute atomic E-state index is 0.00681. The van der Waals surface area contributed by atoms with E-state index in [9.17, 15) is 26.4 Å². The van der Waals surface area contributed by atoms with E-state index in [1.807, 2.05) is 4.90 Å². The lowest BCUT2D eigenvalue weighted by Crippen LogP contribution is -2.49. The van der Waals surface area contributed by atoms with Crippen LogP contribution in [0.2, 0.25) is 0 Å². The average molecular weight is 456 g/mol. The van der Waals surface area contributed by atoms with Gasteiger partial charge < -0.3 is 9.80 Å². The molecule has 0 aliphatic carbocycles. The van der Waals surface area contributed by atoms with Crippen LogP contribution in [-0.4, -0.2) is 58.2 Å². The quantitative estimate of drug-likeness (QED) is 0.644. The highest BCUT2D eigenvalue weighted by atomic mass is 32.2. The number of hydrogen-bond acceptors (Lipinski definition) is 4. The second kappa shape index (κ2) is 9.59. The number of hydrogen-bond donors (Lipinski definition) is 0. The molecule has 1 aliphatic heterocycles. The van der Waals surface area contributed by atoms with Crippen LogP contribution in [0.25, 0.3) is 0 Å². The lowest BCUT2D eigenvalue weighted by molar-refractivity contribution is -0.131. The fourth-order valence-electron chi connectivity index (χ4n) is 3.56. The standard InChI is InChI=1S/C21H24F3N3O3S/c1-31(29,30)27(16-8-9-17(22)19(24)15-16)10-4-7-21(28)26-13-11-25(12-14-26)20-6-3-2-5-18(20)23/h2-3,5-6,8-9,15H,4,7,10-14H2,1H3. The third-order valence-corrected chi connectivity index (χ3v) is 6.36. The highest BCUT2D eigenvalue weighted by Gasteiger charge is 2.24. The Kier molecular flexibility index (Phi) is 7.09. The van der Waals surface area contributed by atoms with Gasteiger partial charge >= 0.3 is 0 Å². The number of piperazine rings is 1. The van der Waals surface area contributed by atoms with Crippen LogP contribution in [0.15, 0.2) is 42.5 Å². The molecule has 1 aliphatic rings. The summed E-state index contributed by atoms with van der Waals surface area (Å²) in [7, 11) is -3.74. The fourth-order valence-corrected chi connectivity index (χ4v) is 4.52. The molecule has 1 heterocycles. The summed E-state index contributed by atoms with van der Waals surface area (Å²) in [5, 5.41) is 0. The molecule has 1 saturated heterocycles. The Morgan fingerprint density at radius 2 is 1.65 bits per heavy atom. The first-order valence-corrected chi connectivity index (χ1v) is 11.7. The first-order chi connectivity index (χ1) is 14.7. The summed E-state index contributed by atoms with van der Waals surface area (Å²) in [6.45, 7) is 1.83. The summed E-state index contributed by atoms with van der Waals surface area (Å²) in [4.78, 5) is 16.1. The van der Waals surface area contributed by atoms with Gasteiger partial charge in [-0.25, -0.2) is 21.6 Å². The molecule has 3 rings (SSSR count). The highest BCUT2D eigenvalue weighted by Crippen LogP contribution is 2.22. The maximum absolute atomic E-state index is 13.9. The van der Waals surface area contributed by atoms with Crippen LogP contribution >= 0.6 is 0 Å². The number of nitrogens with zero attached hydrogens (tertiary/aromatic N) is 3. The lowest BCUT2D eigenvalue weighted by atomic mass is 10.2. The second-order valence-electron chi connectivity index (χ2n) is 7.36. The van der Waals surface area contributed by atoms with Crippen molar-refractivity contribution in [2.75, 3.05) is 48.2 Å². The monoisotopic (exact) mass is 455 g/mol. The lowest BCUT2D eigenvalue weighted by Gasteiger charge is -2.36. The second-order valence-corrected chi connectivity index (χ2v) is 9.26. The Morgan fingerprint density at radius 1 is 0.968 bits per heavy atom. The Hall–Kier alpha value is -2.75. The van der Waals surface area contributed by atoms with E-state index in [2.05, 4.69) is 0 Å². The SMILES string of the molecule is CS(=O)(=O)N(CCCC(=O)N1CCN(c2ccccc2F)CC1)c1ccc(F)c(F)c1. The minimum atomic E-state index is -3.74. The zero-order chi connectivity index (χ0) is 22.6. The zero-order valence-electron chi connectivity index (χ0n) is 17.1. The molecule has 2 aromatic carbocycles. The molecule has 0 atom stereocenters. The van der Waals surface area contributed by atoms with Crippen LogP contribution in [0, 0.1) is 17.5 Å². The molecule has 2 aromatic rings. The van der Waals surface area contributed by atoms with Gasteiger partial charge in [0.25, 0.3) is 0 Å². The molecule has 31 heavy (non-hydrogen) atoms. The molecule has 0 N–H and O–H groups in total. The van der Waals surface area contributed by atoms with E-state index >= 15 is 0 Å². The van der Waals surface area contributed by atoms with Gasteiger partial charge in [0.1, 0.15) is 5.82 Å². The molecule has 0 spiro atoms. The normalized spacial score (nSPS) is 14.6. The van der Waals surface area contributed by atoms with E-state index in [1.54, 1.807) is 23.1 Å². The molecule has 0 bridgehead atoms. The predicted octanol–water partition coefficient (Wildman–Crippen LogP) is 3.00. The van der Waals surface area contributed by atoms with Gasteiger partial charge in [0, 0.05) is 45.2 Å². The van der Waals surface area contributed by atoms with Crippen molar-refractivity contribution in [3.8, 4) is 0 Å². The molecular weight excluding hydrogens is 431 g/mol. The van der Waals surface area contributed by atoms with Gasteiger partial charge in [0.2, 0.25) is 15.9 Å². The molecule has 1 amide bonds. The molecule has 0 aromatic heterocycles. The number of para-hydroxylation sites is 1. The van der Waals surface area contributed by atoms with E-state index in [0.29, 0.717) is 31.9 Å². The van der Waals surface area contributed by atoms with Crippen LogP contribution in [0.4, 0.5) is 24.5 Å². The van der Waals surface area contributed by atoms with E-state index in [-0.39, 0.29) is 36.8 Å². The summed E-state index contributed by atoms with van der Waals surface area (Å²) < 4.78 is 65.7. The van der Waals surface area contributed by atoms with Gasteiger partial charge in [-0.3, -0.25) is 9.10 Å². The molecular formula is C21H24F3N3O3S. The maximum atomic E-state index is 13.9. The van der Waals surface area contributed by atoms with E-state index < -0.39 is 21.7 Å². The predicted molar refractivity (Wildman–Crippen MR) is 113 cm³/mol. The van der Waals surface area contributed by atoms with Gasteiger partial charge in [-0.2, -0.15) is 0 Å². The number of sulfonamides is 1. The Balaban J connectivity index is 1.54. The average Bonchev–Trinajstić information content (AvgIpc) is 2.73. The molecule has 6 nitrogen and oxygen atoms in total. The van der Waals surface area contributed by atoms with Crippen LogP contribution < -0.4 is 9.21 Å². The van der Waals surface area contributed by atoms with Gasteiger partial charge in [-0.15, -0.1) is 0 Å². The van der Waals surface area contributed by atoms with Crippen molar-refractivity contribution in [3.63, 3.8) is 0 Å². The molecule has 0 saturated carbocycles. The van der Waals surface area contributed by atoms with Gasteiger partial charge in [-0.05, 0) is 30.7 Å². The number of anilines is 2. The number of rotatable bonds is 7. The van der Waals surface area contributed by atoms with Crippen LogP contribution in [-0.2, 0) is 14.8 Å². The topological polar surface area (TPSA) is 60.9 Å². The van der Waals surface area contributed by atoms with Crippen molar-refractivity contribution in [2.24, 2.45) is 0 Å². The van der Waals surface area contributed by atoms with E-state index in [1.165, 1.54) is 12.1 Å². The van der Waals surface area contributed by atoms with Gasteiger partial charge in [0.15, 0.2) is 11.6 Å². The van der Waals surface area contributed by atoms with Crippen LogP contribution in [0.1, 0.15) is 12.8 Å². The zero-order valence-corrected chi connectivity index (χ0v) is 17.9. The third kappa shape index (κ3) is 5.69. The molecule has 168 valence electrons. The summed E-state index contributed by atoms with van der Waals surface area (Å²) >= 11 is 0. The van der Waals surface area contributed by atoms with Gasteiger partial charge in [-0.1, -0.05) is 12.1 Å². The summed E-state index contributed by atoms with van der Waals surface area (Å²) in [5.74, 6) is -2.65. The van der Waals surface area contributed by atoms with Crippen molar-refractivity contribution >= 4 is 27.3 Å².